The van der Waals surface area contributed by atoms with Crippen LogP contribution in [0.1, 0.15) is 27.8 Å². The lowest BCUT2D eigenvalue weighted by atomic mass is 10.1. The second kappa shape index (κ2) is 11.3. The largest absolute Gasteiger partial charge is 0.346 e. The molecule has 198 valence electrons. The first-order valence-electron chi connectivity index (χ1n) is 11.7. The molecule has 0 saturated carbocycles. The van der Waals surface area contributed by atoms with Crippen molar-refractivity contribution in [3.05, 3.63) is 87.9 Å². The Morgan fingerprint density at radius 1 is 1.21 bits per heavy atom. The van der Waals surface area contributed by atoms with Crippen molar-refractivity contribution in [1.82, 2.24) is 9.55 Å². The third-order valence-corrected chi connectivity index (χ3v) is 7.44. The minimum atomic E-state index is -3.31. The van der Waals surface area contributed by atoms with E-state index in [1.807, 2.05) is 36.6 Å². The smallest absolute Gasteiger partial charge is 0.325 e. The summed E-state index contributed by atoms with van der Waals surface area (Å²) in [6, 6.07) is 19.4. The molecule has 5 rings (SSSR count). The average Bonchev–Trinajstić information content (AvgIpc) is 3.50. The number of carbonyl (C=O) groups is 1. The van der Waals surface area contributed by atoms with Crippen LogP contribution >= 0.6 is 39.3 Å². The Morgan fingerprint density at radius 2 is 1.95 bits per heavy atom. The Kier molecular flexibility index (Phi) is 8.06. The second-order valence-corrected chi connectivity index (χ2v) is 11.0. The predicted molar refractivity (Wildman–Crippen MR) is 148 cm³/mol. The van der Waals surface area contributed by atoms with Crippen molar-refractivity contribution in [3.63, 3.8) is 0 Å². The highest BCUT2D eigenvalue weighted by Crippen LogP contribution is 2.33. The molecule has 1 N–H and O–H groups in total. The van der Waals surface area contributed by atoms with Crippen molar-refractivity contribution in [1.29, 1.82) is 0 Å². The zero-order valence-corrected chi connectivity index (χ0v) is 23.3. The molecular formula is C27H23BrClF2N3O3S. The van der Waals surface area contributed by atoms with Crippen molar-refractivity contribution in [2.45, 2.75) is 35.9 Å². The molecule has 38 heavy (non-hydrogen) atoms. The Labute approximate surface area is 235 Å². The standard InChI is InChI=1S/C27H23BrClF2N3O3S/c1-38-26-33-22-12-18(24(35)32-19-9-7-16(8-10-19)13-27(29,30)31)11-21(28)23(22)34(26)14-20-15-36-25(37-20)17-5-3-2-4-6-17/h2-12,20,25H,13-15H2,1H3,(H,32,35)/t20-,25?/m0/s1. The summed E-state index contributed by atoms with van der Waals surface area (Å²) in [5.74, 6) is -0.346. The first-order chi connectivity index (χ1) is 18.2. The van der Waals surface area contributed by atoms with Crippen LogP contribution in [0, 0.1) is 0 Å². The zero-order valence-electron chi connectivity index (χ0n) is 20.2. The van der Waals surface area contributed by atoms with Crippen LogP contribution in [0.4, 0.5) is 14.5 Å². The number of amides is 1. The zero-order chi connectivity index (χ0) is 26.9. The lowest BCUT2D eigenvalue weighted by Gasteiger charge is -2.15. The first-order valence-corrected chi connectivity index (χ1v) is 14.1. The Balaban J connectivity index is 1.33. The van der Waals surface area contributed by atoms with Gasteiger partial charge in [-0.2, -0.15) is 8.78 Å². The Hall–Kier alpha value is -2.50. The fourth-order valence-corrected chi connectivity index (χ4v) is 5.72. The number of thioether (sulfide) groups is 1. The van der Waals surface area contributed by atoms with Crippen LogP contribution in [0.2, 0.25) is 0 Å². The van der Waals surface area contributed by atoms with E-state index in [0.717, 1.165) is 16.2 Å². The molecule has 0 bridgehead atoms. The number of nitrogens with zero attached hydrogens (tertiary/aromatic N) is 2. The Morgan fingerprint density at radius 3 is 2.63 bits per heavy atom. The van der Waals surface area contributed by atoms with Gasteiger partial charge in [-0.15, -0.1) is 0 Å². The third-order valence-electron chi connectivity index (χ3n) is 6.03. The van der Waals surface area contributed by atoms with Crippen molar-refractivity contribution < 1.29 is 23.0 Å². The van der Waals surface area contributed by atoms with Gasteiger partial charge in [0.2, 0.25) is 0 Å². The van der Waals surface area contributed by atoms with Gasteiger partial charge < -0.3 is 19.4 Å². The van der Waals surface area contributed by atoms with Crippen LogP contribution in [0.5, 0.6) is 0 Å². The maximum absolute atomic E-state index is 13.0. The van der Waals surface area contributed by atoms with Gasteiger partial charge >= 0.3 is 5.38 Å². The summed E-state index contributed by atoms with van der Waals surface area (Å²) in [7, 11) is 0. The van der Waals surface area contributed by atoms with E-state index in [1.165, 1.54) is 23.9 Å². The summed E-state index contributed by atoms with van der Waals surface area (Å²) in [4.78, 5) is 17.7. The number of fused-ring (bicyclic) bond motifs is 1. The van der Waals surface area contributed by atoms with E-state index in [9.17, 15) is 13.6 Å². The number of carbonyl (C=O) groups excluding carboxylic acids is 1. The summed E-state index contributed by atoms with van der Waals surface area (Å²) in [6.07, 6.45) is 0.785. The topological polar surface area (TPSA) is 65.4 Å². The molecule has 0 aliphatic carbocycles. The summed E-state index contributed by atoms with van der Waals surface area (Å²) in [6.45, 7) is 0.986. The van der Waals surface area contributed by atoms with Gasteiger partial charge in [0.15, 0.2) is 11.4 Å². The summed E-state index contributed by atoms with van der Waals surface area (Å²) < 4.78 is 40.9. The molecule has 1 fully saturated rings. The lowest BCUT2D eigenvalue weighted by Crippen LogP contribution is -2.19. The molecule has 3 aromatic carbocycles. The van der Waals surface area contributed by atoms with Gasteiger partial charge in [-0.1, -0.05) is 54.2 Å². The number of halogens is 4. The molecule has 6 nitrogen and oxygen atoms in total. The molecule has 1 amide bonds. The van der Waals surface area contributed by atoms with E-state index in [2.05, 4.69) is 25.8 Å². The number of nitrogens with one attached hydrogen (secondary N) is 1. The van der Waals surface area contributed by atoms with Crippen LogP contribution in [-0.2, 0) is 22.4 Å². The Bertz CT molecular complexity index is 1450. The highest BCUT2D eigenvalue weighted by Gasteiger charge is 2.29. The minimum absolute atomic E-state index is 0.167. The number of aromatic nitrogens is 2. The van der Waals surface area contributed by atoms with Gasteiger partial charge in [-0.3, -0.25) is 4.79 Å². The summed E-state index contributed by atoms with van der Waals surface area (Å²) in [5, 5.41) is 0.273. The molecule has 1 aliphatic rings. The molecule has 11 heteroatoms. The second-order valence-electron chi connectivity index (χ2n) is 8.81. The summed E-state index contributed by atoms with van der Waals surface area (Å²) in [5.41, 5.74) is 3.74. The lowest BCUT2D eigenvalue weighted by molar-refractivity contribution is -0.0624. The van der Waals surface area contributed by atoms with Crippen LogP contribution in [0.15, 0.2) is 76.4 Å². The molecule has 2 heterocycles. The fraction of sp³-hybridized carbons (Fsp3) is 0.259. The number of hydrogen-bond acceptors (Lipinski definition) is 5. The molecule has 1 unspecified atom stereocenters. The quantitative estimate of drug-likeness (QED) is 0.166. The van der Waals surface area contributed by atoms with Gasteiger partial charge in [-0.25, -0.2) is 4.98 Å². The van der Waals surface area contributed by atoms with Gasteiger partial charge in [0.25, 0.3) is 5.91 Å². The first kappa shape index (κ1) is 27.1. The van der Waals surface area contributed by atoms with E-state index >= 15 is 0 Å². The molecule has 0 radical (unpaired) electrons. The van der Waals surface area contributed by atoms with E-state index in [0.29, 0.717) is 40.0 Å². The molecule has 2 atom stereocenters. The highest BCUT2D eigenvalue weighted by atomic mass is 79.9. The average molecular weight is 623 g/mol. The fourth-order valence-electron chi connectivity index (χ4n) is 4.33. The molecule has 1 aromatic heterocycles. The maximum atomic E-state index is 13.0. The minimum Gasteiger partial charge on any atom is -0.346 e. The number of benzene rings is 3. The van der Waals surface area contributed by atoms with Crippen molar-refractivity contribution in [3.8, 4) is 0 Å². The number of ether oxygens (including phenoxy) is 2. The highest BCUT2D eigenvalue weighted by molar-refractivity contribution is 9.10. The summed E-state index contributed by atoms with van der Waals surface area (Å²) >= 11 is 10.1. The number of hydrogen-bond donors (Lipinski definition) is 1. The van der Waals surface area contributed by atoms with Crippen LogP contribution in [0.3, 0.4) is 0 Å². The molecule has 1 aliphatic heterocycles. The molecule has 0 spiro atoms. The number of alkyl halides is 3. The van der Waals surface area contributed by atoms with Crippen molar-refractivity contribution in [2.24, 2.45) is 0 Å². The van der Waals surface area contributed by atoms with Crippen molar-refractivity contribution in [2.75, 3.05) is 18.2 Å². The van der Waals surface area contributed by atoms with Gasteiger partial charge in [0, 0.05) is 21.3 Å². The normalized spacial score (nSPS) is 17.7. The van der Waals surface area contributed by atoms with Gasteiger partial charge in [0.05, 0.1) is 30.6 Å². The molecular weight excluding hydrogens is 600 g/mol. The van der Waals surface area contributed by atoms with E-state index in [4.69, 9.17) is 26.1 Å². The van der Waals surface area contributed by atoms with Crippen LogP contribution < -0.4 is 5.32 Å². The van der Waals surface area contributed by atoms with Crippen molar-refractivity contribution >= 4 is 61.9 Å². The predicted octanol–water partition coefficient (Wildman–Crippen LogP) is 7.26. The maximum Gasteiger partial charge on any atom is 0.325 e. The number of imidazole rings is 1. The third kappa shape index (κ3) is 6.21. The molecule has 4 aromatic rings. The van der Waals surface area contributed by atoms with Crippen LogP contribution in [0.25, 0.3) is 11.0 Å². The van der Waals surface area contributed by atoms with Gasteiger partial charge in [0.1, 0.15) is 6.10 Å². The van der Waals surface area contributed by atoms with E-state index in [1.54, 1.807) is 24.3 Å². The molecule has 1 saturated heterocycles. The van der Waals surface area contributed by atoms with E-state index in [-0.39, 0.29) is 12.0 Å². The SMILES string of the molecule is CSc1nc2cc(C(=O)Nc3ccc(CC(F)(F)Cl)cc3)cc(Br)c2n1C[C@H]1COC(c2ccccc2)O1. The van der Waals surface area contributed by atoms with E-state index < -0.39 is 18.1 Å². The van der Waals surface area contributed by atoms with Crippen LogP contribution in [-0.4, -0.2) is 39.8 Å². The number of rotatable bonds is 8. The van der Waals surface area contributed by atoms with Gasteiger partial charge in [-0.05, 0) is 63.6 Å². The monoisotopic (exact) mass is 621 g/mol. The number of anilines is 1.